The Morgan fingerprint density at radius 2 is 2.00 bits per heavy atom. The highest BCUT2D eigenvalue weighted by Gasteiger charge is 2.08. The molecule has 4 nitrogen and oxygen atoms in total. The predicted molar refractivity (Wildman–Crippen MR) is 109 cm³/mol. The van der Waals surface area contributed by atoms with E-state index in [0.717, 1.165) is 35.7 Å². The normalized spacial score (nSPS) is 12.7. The molecule has 0 aliphatic rings. The standard InChI is InChI=1S/C16H30N4S.HI/c1-6-8-9-14(7-2)10-18-16(17-5)19-11-15-20-12(3)13(4)21-15;/h14H,6-11H2,1-5H3,(H2,17,18,19);1H. The van der Waals surface area contributed by atoms with Crippen LogP contribution in [0, 0.1) is 19.8 Å². The molecule has 1 rings (SSSR count). The third kappa shape index (κ3) is 7.76. The number of unbranched alkanes of at least 4 members (excludes halogenated alkanes) is 1. The van der Waals surface area contributed by atoms with Gasteiger partial charge in [0.15, 0.2) is 5.96 Å². The third-order valence-corrected chi connectivity index (χ3v) is 4.88. The topological polar surface area (TPSA) is 49.3 Å². The van der Waals surface area contributed by atoms with Crippen LogP contribution in [0.3, 0.4) is 0 Å². The van der Waals surface area contributed by atoms with E-state index < -0.39 is 0 Å². The number of hydrogen-bond acceptors (Lipinski definition) is 3. The van der Waals surface area contributed by atoms with Gasteiger partial charge >= 0.3 is 0 Å². The van der Waals surface area contributed by atoms with Crippen molar-refractivity contribution in [3.8, 4) is 0 Å². The van der Waals surface area contributed by atoms with Gasteiger partial charge in [-0.15, -0.1) is 35.3 Å². The Labute approximate surface area is 156 Å². The van der Waals surface area contributed by atoms with E-state index in [1.165, 1.54) is 30.6 Å². The number of aryl methyl sites for hydroxylation is 2. The summed E-state index contributed by atoms with van der Waals surface area (Å²) in [5, 5.41) is 7.90. The Morgan fingerprint density at radius 1 is 1.27 bits per heavy atom. The molecule has 1 unspecified atom stereocenters. The van der Waals surface area contributed by atoms with Crippen LogP contribution in [0.1, 0.15) is 55.1 Å². The number of aromatic nitrogens is 1. The molecule has 2 N–H and O–H groups in total. The van der Waals surface area contributed by atoms with Crippen LogP contribution in [0.4, 0.5) is 0 Å². The zero-order valence-electron chi connectivity index (χ0n) is 14.5. The van der Waals surface area contributed by atoms with Crippen molar-refractivity contribution < 1.29 is 0 Å². The summed E-state index contributed by atoms with van der Waals surface area (Å²) in [6.07, 6.45) is 5.09. The molecule has 0 saturated carbocycles. The zero-order chi connectivity index (χ0) is 15.7. The summed E-state index contributed by atoms with van der Waals surface area (Å²) in [5.74, 6) is 1.60. The van der Waals surface area contributed by atoms with Gasteiger partial charge in [-0.2, -0.15) is 0 Å². The molecule has 0 fully saturated rings. The molecule has 1 aromatic rings. The van der Waals surface area contributed by atoms with Crippen molar-refractivity contribution in [3.05, 3.63) is 15.6 Å². The molecule has 128 valence electrons. The van der Waals surface area contributed by atoms with Crippen molar-refractivity contribution >= 4 is 41.3 Å². The van der Waals surface area contributed by atoms with Crippen molar-refractivity contribution in [1.82, 2.24) is 15.6 Å². The van der Waals surface area contributed by atoms with Crippen molar-refractivity contribution in [2.45, 2.75) is 59.9 Å². The Bertz CT molecular complexity index is 426. The second-order valence-electron chi connectivity index (χ2n) is 5.47. The Hall–Kier alpha value is -0.370. The predicted octanol–water partition coefficient (Wildman–Crippen LogP) is 4.26. The molecule has 0 aliphatic heterocycles. The molecule has 0 aromatic carbocycles. The van der Waals surface area contributed by atoms with Crippen LogP contribution >= 0.6 is 35.3 Å². The largest absolute Gasteiger partial charge is 0.356 e. The van der Waals surface area contributed by atoms with E-state index in [2.05, 4.69) is 48.3 Å². The Morgan fingerprint density at radius 3 is 2.50 bits per heavy atom. The number of rotatable bonds is 8. The Kier molecular flexibility index (Phi) is 11.9. The van der Waals surface area contributed by atoms with Gasteiger partial charge in [-0.3, -0.25) is 4.99 Å². The molecule has 0 spiro atoms. The van der Waals surface area contributed by atoms with Crippen LogP contribution in [-0.4, -0.2) is 24.5 Å². The summed E-state index contributed by atoms with van der Waals surface area (Å²) in [7, 11) is 1.82. The first-order valence-electron chi connectivity index (χ1n) is 7.98. The van der Waals surface area contributed by atoms with Crippen molar-refractivity contribution in [3.63, 3.8) is 0 Å². The summed E-state index contributed by atoms with van der Waals surface area (Å²) >= 11 is 1.75. The van der Waals surface area contributed by atoms with Gasteiger partial charge in [0.25, 0.3) is 0 Å². The molecule has 0 radical (unpaired) electrons. The molecule has 0 bridgehead atoms. The van der Waals surface area contributed by atoms with E-state index in [-0.39, 0.29) is 24.0 Å². The Balaban J connectivity index is 0.00000441. The van der Waals surface area contributed by atoms with Gasteiger partial charge in [0.2, 0.25) is 0 Å². The first kappa shape index (κ1) is 21.6. The number of nitrogens with one attached hydrogen (secondary N) is 2. The average molecular weight is 438 g/mol. The second-order valence-corrected chi connectivity index (χ2v) is 6.76. The molecule has 0 aliphatic carbocycles. The lowest BCUT2D eigenvalue weighted by atomic mass is 9.99. The molecule has 1 aromatic heterocycles. The minimum atomic E-state index is 0. The van der Waals surface area contributed by atoms with Gasteiger partial charge in [0.1, 0.15) is 5.01 Å². The quantitative estimate of drug-likeness (QED) is 0.362. The van der Waals surface area contributed by atoms with Crippen molar-refractivity contribution in [2.24, 2.45) is 10.9 Å². The van der Waals surface area contributed by atoms with E-state index >= 15 is 0 Å². The van der Waals surface area contributed by atoms with Crippen LogP contribution < -0.4 is 10.6 Å². The molecule has 6 heteroatoms. The lowest BCUT2D eigenvalue weighted by molar-refractivity contribution is 0.443. The summed E-state index contributed by atoms with van der Waals surface area (Å²) in [4.78, 5) is 10.1. The smallest absolute Gasteiger partial charge is 0.191 e. The summed E-state index contributed by atoms with van der Waals surface area (Å²) in [5.41, 5.74) is 1.13. The summed E-state index contributed by atoms with van der Waals surface area (Å²) in [6.45, 7) is 10.4. The van der Waals surface area contributed by atoms with E-state index in [1.807, 2.05) is 7.05 Å². The van der Waals surface area contributed by atoms with E-state index in [9.17, 15) is 0 Å². The van der Waals surface area contributed by atoms with Gasteiger partial charge < -0.3 is 10.6 Å². The minimum Gasteiger partial charge on any atom is -0.356 e. The fourth-order valence-electron chi connectivity index (χ4n) is 2.18. The first-order valence-corrected chi connectivity index (χ1v) is 8.79. The molecule has 22 heavy (non-hydrogen) atoms. The number of nitrogens with zero attached hydrogens (tertiary/aromatic N) is 2. The number of guanidine groups is 1. The van der Waals surface area contributed by atoms with Gasteiger partial charge in [-0.1, -0.05) is 33.1 Å². The zero-order valence-corrected chi connectivity index (χ0v) is 17.7. The second kappa shape index (κ2) is 12.1. The number of aliphatic imine (C=N–C) groups is 1. The number of thiazole rings is 1. The number of halogens is 1. The molecule has 1 atom stereocenters. The van der Waals surface area contributed by atoms with E-state index in [1.54, 1.807) is 11.3 Å². The van der Waals surface area contributed by atoms with Crippen LogP contribution in [0.15, 0.2) is 4.99 Å². The van der Waals surface area contributed by atoms with Crippen LogP contribution in [0.2, 0.25) is 0 Å². The summed E-state index contributed by atoms with van der Waals surface area (Å²) < 4.78 is 0. The number of hydrogen-bond donors (Lipinski definition) is 2. The highest BCUT2D eigenvalue weighted by molar-refractivity contribution is 14.0. The molecule has 0 saturated heterocycles. The fourth-order valence-corrected chi connectivity index (χ4v) is 3.05. The highest BCUT2D eigenvalue weighted by atomic mass is 127. The maximum atomic E-state index is 4.54. The van der Waals surface area contributed by atoms with Crippen LogP contribution in [0.25, 0.3) is 0 Å². The lowest BCUT2D eigenvalue weighted by Gasteiger charge is -2.17. The van der Waals surface area contributed by atoms with E-state index in [0.29, 0.717) is 0 Å². The lowest BCUT2D eigenvalue weighted by Crippen LogP contribution is -2.39. The van der Waals surface area contributed by atoms with E-state index in [4.69, 9.17) is 0 Å². The van der Waals surface area contributed by atoms with Gasteiger partial charge in [0, 0.05) is 18.5 Å². The minimum absolute atomic E-state index is 0. The SMILES string of the molecule is CCCCC(CC)CNC(=NC)NCc1nc(C)c(C)s1.I. The van der Waals surface area contributed by atoms with Gasteiger partial charge in [-0.05, 0) is 26.2 Å². The molecule has 0 amide bonds. The van der Waals surface area contributed by atoms with Gasteiger partial charge in [-0.25, -0.2) is 4.98 Å². The first-order chi connectivity index (χ1) is 10.1. The van der Waals surface area contributed by atoms with Crippen molar-refractivity contribution in [2.75, 3.05) is 13.6 Å². The molecule has 1 heterocycles. The van der Waals surface area contributed by atoms with Crippen LogP contribution in [0.5, 0.6) is 0 Å². The maximum absolute atomic E-state index is 4.54. The summed E-state index contributed by atoms with van der Waals surface area (Å²) in [6, 6.07) is 0. The average Bonchev–Trinajstić information content (AvgIpc) is 2.81. The molecular formula is C16H31IN4S. The fraction of sp³-hybridized carbons (Fsp3) is 0.750. The highest BCUT2D eigenvalue weighted by Crippen LogP contribution is 2.16. The van der Waals surface area contributed by atoms with Crippen LogP contribution in [-0.2, 0) is 6.54 Å². The monoisotopic (exact) mass is 438 g/mol. The van der Waals surface area contributed by atoms with Gasteiger partial charge in [0.05, 0.1) is 12.2 Å². The third-order valence-electron chi connectivity index (χ3n) is 3.80. The van der Waals surface area contributed by atoms with Crippen molar-refractivity contribution in [1.29, 1.82) is 0 Å². The maximum Gasteiger partial charge on any atom is 0.191 e. The molecular weight excluding hydrogens is 407 g/mol.